The molecule has 0 atom stereocenters. The molecule has 10 aromatic rings. The summed E-state index contributed by atoms with van der Waals surface area (Å²) in [6.45, 7) is 6.24. The molecule has 454 valence electrons. The normalized spacial score (nSPS) is 11.8. The molecule has 1 aliphatic rings. The molecule has 88 heavy (non-hydrogen) atoms. The van der Waals surface area contributed by atoms with Gasteiger partial charge in [0.2, 0.25) is 0 Å². The zero-order valence-corrected chi connectivity index (χ0v) is 51.8. The van der Waals surface area contributed by atoms with Gasteiger partial charge in [0.05, 0.1) is 75.6 Å². The van der Waals surface area contributed by atoms with E-state index in [1.807, 2.05) is 127 Å². The van der Waals surface area contributed by atoms with Gasteiger partial charge in [-0.2, -0.15) is 12.6 Å². The van der Waals surface area contributed by atoms with E-state index < -0.39 is 4.75 Å². The second kappa shape index (κ2) is 38.8. The van der Waals surface area contributed by atoms with E-state index in [0.29, 0.717) is 65.7 Å². The van der Waals surface area contributed by atoms with Crippen LogP contribution in [0.5, 0.6) is 0 Å². The van der Waals surface area contributed by atoms with Crippen LogP contribution in [0.3, 0.4) is 0 Å². The number of aliphatic hydroxyl groups is 1. The fraction of sp³-hybridized carbons (Fsp3) is 0.231. The number of ether oxygens (including phenoxy) is 7. The molecule has 0 aromatic heterocycles. The number of hydrogen-bond donors (Lipinski definition) is 2. The van der Waals surface area contributed by atoms with E-state index >= 15 is 0 Å². The van der Waals surface area contributed by atoms with Gasteiger partial charge in [-0.25, -0.2) is 0 Å². The van der Waals surface area contributed by atoms with E-state index in [0.717, 1.165) is 41.2 Å². The minimum Gasteiger partial charge on any atom is -0.396 e. The summed E-state index contributed by atoms with van der Waals surface area (Å²) in [6, 6.07) is 104. The highest BCUT2D eigenvalue weighted by Crippen LogP contribution is 2.48. The van der Waals surface area contributed by atoms with Gasteiger partial charge < -0.3 is 38.3 Å². The van der Waals surface area contributed by atoms with E-state index in [2.05, 4.69) is 193 Å². The molecule has 0 spiro atoms. The number of benzene rings is 10. The first-order chi connectivity index (χ1) is 43.5. The Morgan fingerprint density at radius 2 is 0.591 bits per heavy atom. The van der Waals surface area contributed by atoms with Crippen LogP contribution in [0.15, 0.2) is 303 Å². The summed E-state index contributed by atoms with van der Waals surface area (Å²) < 4.78 is 39.4. The Kier molecular flexibility index (Phi) is 29.3. The molecule has 0 aliphatic carbocycles. The van der Waals surface area contributed by atoms with Crippen molar-refractivity contribution in [1.82, 2.24) is 0 Å². The predicted molar refractivity (Wildman–Crippen MR) is 361 cm³/mol. The first kappa shape index (κ1) is 66.5. The number of thioether (sulfide) groups is 1. The molecule has 1 aliphatic heterocycles. The molecular weight excluding hydrogens is 1130 g/mol. The largest absolute Gasteiger partial charge is 0.396 e. The van der Waals surface area contributed by atoms with Crippen molar-refractivity contribution in [2.24, 2.45) is 0 Å². The van der Waals surface area contributed by atoms with Crippen molar-refractivity contribution in [3.8, 4) is 0 Å². The van der Waals surface area contributed by atoms with Crippen molar-refractivity contribution in [1.29, 1.82) is 0 Å². The summed E-state index contributed by atoms with van der Waals surface area (Å²) in [5.41, 5.74) is 11.8. The number of hydrogen-bond acceptors (Lipinski definition) is 10. The Morgan fingerprint density at radius 3 is 0.864 bits per heavy atom. The molecule has 1 N–H and O–H groups in total. The fourth-order valence-electron chi connectivity index (χ4n) is 9.65. The first-order valence-electron chi connectivity index (χ1n) is 30.2. The standard InChI is InChI=1S/C40H42O4S.C19H16S.C17H20O3.C2H4O/c1-6-16-34(17-7-1)32-43-39(44-33-35-18-8-2-9-19-35)26-27-41-28-29-42-30-31-45-40(36-20-10-3-11-21-36,37-22-12-4-13-23-37)38-24-14-5-15-25-38;20-19(16-10-4-1-5-11-16,17-12-6-2-7-13-17)18-14-8-3-9-15-18;18-12-11-17(19-13-15-7-3-1-4-8-15)20-14-16-9-5-2-6-10-16;1-2-3-1/h1-25,39H,26-33H2;1-15,20H;1-10,17-18H,11-14H2;1-2H2. The van der Waals surface area contributed by atoms with Gasteiger partial charge in [-0.15, -0.1) is 11.8 Å². The monoisotopic (exact) mass is 1210 g/mol. The van der Waals surface area contributed by atoms with Crippen molar-refractivity contribution >= 4 is 24.4 Å². The minimum atomic E-state index is -0.427. The van der Waals surface area contributed by atoms with Gasteiger partial charge in [0.15, 0.2) is 12.6 Å². The van der Waals surface area contributed by atoms with Gasteiger partial charge in [0.25, 0.3) is 0 Å². The Hall–Kier alpha value is -7.42. The highest BCUT2D eigenvalue weighted by Gasteiger charge is 2.37. The summed E-state index contributed by atoms with van der Waals surface area (Å²) in [7, 11) is 0. The van der Waals surface area contributed by atoms with Crippen LogP contribution in [0.1, 0.15) is 68.5 Å². The molecule has 0 unspecified atom stereocenters. The van der Waals surface area contributed by atoms with E-state index in [1.54, 1.807) is 0 Å². The molecule has 1 fully saturated rings. The lowest BCUT2D eigenvalue weighted by Crippen LogP contribution is -2.26. The Morgan fingerprint density at radius 1 is 0.341 bits per heavy atom. The molecule has 1 heterocycles. The van der Waals surface area contributed by atoms with Crippen LogP contribution in [0.25, 0.3) is 0 Å². The van der Waals surface area contributed by atoms with Crippen molar-refractivity contribution in [2.45, 2.75) is 61.3 Å². The van der Waals surface area contributed by atoms with E-state index in [9.17, 15) is 0 Å². The zero-order chi connectivity index (χ0) is 60.8. The second-order valence-electron chi connectivity index (χ2n) is 20.6. The van der Waals surface area contributed by atoms with E-state index in [1.165, 1.54) is 33.4 Å². The lowest BCUT2D eigenvalue weighted by atomic mass is 9.84. The molecule has 10 heteroatoms. The number of epoxide rings is 1. The molecule has 1 saturated heterocycles. The topological polar surface area (TPSA) is 88.1 Å². The summed E-state index contributed by atoms with van der Waals surface area (Å²) >= 11 is 7.00. The third-order valence-corrected chi connectivity index (χ3v) is 16.5. The summed E-state index contributed by atoms with van der Waals surface area (Å²) in [5.74, 6) is 0.835. The van der Waals surface area contributed by atoms with Gasteiger partial charge in [0, 0.05) is 25.2 Å². The lowest BCUT2D eigenvalue weighted by molar-refractivity contribution is -0.166. The van der Waals surface area contributed by atoms with Crippen LogP contribution in [0.2, 0.25) is 0 Å². The smallest absolute Gasteiger partial charge is 0.160 e. The van der Waals surface area contributed by atoms with E-state index in [-0.39, 0.29) is 23.9 Å². The minimum absolute atomic E-state index is 0.0498. The van der Waals surface area contributed by atoms with Crippen molar-refractivity contribution < 1.29 is 38.3 Å². The first-order valence-corrected chi connectivity index (χ1v) is 31.6. The Bertz CT molecular complexity index is 3040. The maximum atomic E-state index is 9.07. The van der Waals surface area contributed by atoms with E-state index in [4.69, 9.17) is 46.2 Å². The molecule has 0 saturated carbocycles. The molecule has 11 rings (SSSR count). The summed E-state index contributed by atoms with van der Waals surface area (Å²) in [4.78, 5) is 0. The summed E-state index contributed by atoms with van der Waals surface area (Å²) in [6.07, 6.45) is 0.369. The Labute approximate surface area is 531 Å². The number of rotatable bonds is 30. The summed E-state index contributed by atoms with van der Waals surface area (Å²) in [5, 5.41) is 9.07. The van der Waals surface area contributed by atoms with Gasteiger partial charge in [-0.1, -0.05) is 303 Å². The highest BCUT2D eigenvalue weighted by atomic mass is 32.2. The third-order valence-electron chi connectivity index (χ3n) is 14.2. The van der Waals surface area contributed by atoms with Gasteiger partial charge in [0.1, 0.15) is 0 Å². The highest BCUT2D eigenvalue weighted by molar-refractivity contribution is 8.00. The predicted octanol–water partition coefficient (Wildman–Crippen LogP) is 16.9. The molecule has 10 aromatic carbocycles. The molecule has 0 bridgehead atoms. The molecule has 0 radical (unpaired) electrons. The lowest BCUT2D eigenvalue weighted by Gasteiger charge is -2.35. The van der Waals surface area contributed by atoms with Crippen molar-refractivity contribution in [3.63, 3.8) is 0 Å². The average molecular weight is 1210 g/mol. The van der Waals surface area contributed by atoms with Crippen LogP contribution < -0.4 is 0 Å². The maximum Gasteiger partial charge on any atom is 0.160 e. The van der Waals surface area contributed by atoms with Crippen LogP contribution in [0, 0.1) is 0 Å². The van der Waals surface area contributed by atoms with Crippen LogP contribution in [-0.4, -0.2) is 69.7 Å². The third kappa shape index (κ3) is 22.3. The van der Waals surface area contributed by atoms with Crippen LogP contribution in [-0.2, 0) is 69.1 Å². The average Bonchev–Trinajstić information content (AvgIpc) is 3.50. The number of aliphatic hydroxyl groups excluding tert-OH is 1. The van der Waals surface area contributed by atoms with Gasteiger partial charge in [-0.05, 0) is 55.6 Å². The zero-order valence-electron chi connectivity index (χ0n) is 50.1. The SMILES string of the molecule is C1CO1.OCCC(OCc1ccccc1)OCc1ccccc1.SC(c1ccccc1)(c1ccccc1)c1ccccc1.c1ccc(COC(CCOCCOCCSC(c2ccccc2)(c2ccccc2)c2ccccc2)OCc2ccccc2)cc1. The fourth-order valence-corrected chi connectivity index (χ4v) is 11.5. The second-order valence-corrected chi connectivity index (χ2v) is 22.6. The quantitative estimate of drug-likeness (QED) is 0.0150. The molecule has 8 nitrogen and oxygen atoms in total. The molecular formula is C78H82O8S2. The van der Waals surface area contributed by atoms with Crippen LogP contribution in [0.4, 0.5) is 0 Å². The molecule has 0 amide bonds. The van der Waals surface area contributed by atoms with Gasteiger partial charge in [-0.3, -0.25) is 0 Å². The van der Waals surface area contributed by atoms with Crippen LogP contribution >= 0.6 is 24.4 Å². The number of thiol groups is 1. The van der Waals surface area contributed by atoms with Crippen molar-refractivity contribution in [3.05, 3.63) is 359 Å². The maximum absolute atomic E-state index is 9.07. The Balaban J connectivity index is 0.000000191. The van der Waals surface area contributed by atoms with Crippen molar-refractivity contribution in [2.75, 3.05) is 52.0 Å². The van der Waals surface area contributed by atoms with Gasteiger partial charge >= 0.3 is 0 Å².